The summed E-state index contributed by atoms with van der Waals surface area (Å²) in [6.07, 6.45) is 9.23. The van der Waals surface area contributed by atoms with E-state index in [0.29, 0.717) is 29.6 Å². The van der Waals surface area contributed by atoms with E-state index in [2.05, 4.69) is 22.9 Å². The largest absolute Gasteiger partial charge is 0.387 e. The molecular formula is C21H33BrO3. The van der Waals surface area contributed by atoms with E-state index in [1.165, 1.54) is 32.1 Å². The molecule has 0 amide bonds. The molecule has 0 heterocycles. The molecule has 0 aromatic carbocycles. The van der Waals surface area contributed by atoms with E-state index < -0.39 is 5.60 Å². The molecule has 8 atom stereocenters. The molecule has 0 saturated heterocycles. The van der Waals surface area contributed by atoms with Gasteiger partial charge in [-0.15, -0.1) is 0 Å². The summed E-state index contributed by atoms with van der Waals surface area (Å²) in [6, 6.07) is 0. The molecule has 4 fully saturated rings. The topological polar surface area (TPSA) is 46.5 Å². The Bertz CT molecular complexity index is 537. The second-order valence-electron chi connectivity index (χ2n) is 9.77. The number of rotatable bonds is 4. The summed E-state index contributed by atoms with van der Waals surface area (Å²) in [6.45, 7) is 2.88. The van der Waals surface area contributed by atoms with Gasteiger partial charge in [-0.2, -0.15) is 0 Å². The van der Waals surface area contributed by atoms with Crippen molar-refractivity contribution in [3.63, 3.8) is 0 Å². The van der Waals surface area contributed by atoms with Crippen molar-refractivity contribution >= 4 is 21.7 Å². The van der Waals surface area contributed by atoms with Gasteiger partial charge in [0.15, 0.2) is 0 Å². The minimum Gasteiger partial charge on any atom is -0.387 e. The zero-order valence-electron chi connectivity index (χ0n) is 15.7. The summed E-state index contributed by atoms with van der Waals surface area (Å²) in [5.41, 5.74) is -0.319. The standard InChI is InChI=1S/C21H33BrO3/c1-20-7-5-15-14-6-8-21(24,12-25-2)10-13(14)3-4-16(15)17(20)9-18(20)19(23)11-22/h13-18,24H,3-12H2,1-2H3/t13-,14+,15-,16-,17+,18-,20+,21-/m1/s1. The summed E-state index contributed by atoms with van der Waals surface area (Å²) in [5, 5.41) is 11.3. The van der Waals surface area contributed by atoms with E-state index in [4.69, 9.17) is 4.74 Å². The van der Waals surface area contributed by atoms with Crippen LogP contribution in [-0.2, 0) is 9.53 Å². The number of fused-ring (bicyclic) bond motifs is 5. The fourth-order valence-electron chi connectivity index (χ4n) is 7.54. The first-order chi connectivity index (χ1) is 11.9. The maximum Gasteiger partial charge on any atom is 0.147 e. The van der Waals surface area contributed by atoms with Gasteiger partial charge in [-0.3, -0.25) is 4.79 Å². The van der Waals surface area contributed by atoms with Gasteiger partial charge in [0.25, 0.3) is 0 Å². The van der Waals surface area contributed by atoms with Crippen LogP contribution >= 0.6 is 15.9 Å². The summed E-state index contributed by atoms with van der Waals surface area (Å²) in [7, 11) is 1.70. The molecule has 0 aromatic rings. The minimum absolute atomic E-state index is 0.268. The minimum atomic E-state index is -0.588. The first kappa shape index (κ1) is 18.4. The van der Waals surface area contributed by atoms with Crippen LogP contribution in [0.1, 0.15) is 58.3 Å². The molecule has 4 aliphatic rings. The summed E-state index contributed by atoms with van der Waals surface area (Å²) in [5.74, 6) is 4.63. The number of alkyl halides is 1. The van der Waals surface area contributed by atoms with Gasteiger partial charge >= 0.3 is 0 Å². The van der Waals surface area contributed by atoms with Gasteiger partial charge in [0.2, 0.25) is 0 Å². The predicted octanol–water partition coefficient (Wildman–Crippen LogP) is 4.21. The fraction of sp³-hybridized carbons (Fsp3) is 0.952. The molecule has 3 nitrogen and oxygen atoms in total. The fourth-order valence-corrected chi connectivity index (χ4v) is 7.93. The number of carbonyl (C=O) groups excluding carboxylic acids is 1. The van der Waals surface area contributed by atoms with Crippen molar-refractivity contribution in [1.82, 2.24) is 0 Å². The lowest BCUT2D eigenvalue weighted by molar-refractivity contribution is -0.178. The number of ether oxygens (including phenoxy) is 1. The molecule has 0 bridgehead atoms. The lowest BCUT2D eigenvalue weighted by Crippen LogP contribution is -2.60. The van der Waals surface area contributed by atoms with Crippen LogP contribution in [0.15, 0.2) is 0 Å². The van der Waals surface area contributed by atoms with Crippen molar-refractivity contribution in [1.29, 1.82) is 0 Å². The van der Waals surface area contributed by atoms with Gasteiger partial charge in [0.1, 0.15) is 5.78 Å². The Hall–Kier alpha value is 0.0700. The number of Topliss-reactive ketones (excluding diaryl/α,β-unsaturated/α-hetero) is 1. The van der Waals surface area contributed by atoms with Gasteiger partial charge in [-0.1, -0.05) is 22.9 Å². The molecule has 4 aliphatic carbocycles. The van der Waals surface area contributed by atoms with Gasteiger partial charge < -0.3 is 9.84 Å². The highest BCUT2D eigenvalue weighted by molar-refractivity contribution is 9.09. The Kier molecular flexibility index (Phi) is 4.86. The van der Waals surface area contributed by atoms with Crippen molar-refractivity contribution in [3.05, 3.63) is 0 Å². The van der Waals surface area contributed by atoms with E-state index in [-0.39, 0.29) is 5.41 Å². The second-order valence-corrected chi connectivity index (χ2v) is 10.3. The van der Waals surface area contributed by atoms with Crippen LogP contribution in [0.5, 0.6) is 0 Å². The van der Waals surface area contributed by atoms with Gasteiger partial charge in [0, 0.05) is 13.0 Å². The Balaban J connectivity index is 1.46. The number of hydrogen-bond donors (Lipinski definition) is 1. The molecule has 1 N–H and O–H groups in total. The number of ketones is 1. The molecule has 4 saturated carbocycles. The van der Waals surface area contributed by atoms with Crippen LogP contribution in [-0.4, -0.2) is 35.5 Å². The Morgan fingerprint density at radius 2 is 1.92 bits per heavy atom. The lowest BCUT2D eigenvalue weighted by Gasteiger charge is -2.65. The smallest absolute Gasteiger partial charge is 0.147 e. The van der Waals surface area contributed by atoms with Crippen LogP contribution < -0.4 is 0 Å². The van der Waals surface area contributed by atoms with Crippen LogP contribution in [0.4, 0.5) is 0 Å². The number of methoxy groups -OCH3 is 1. The average Bonchev–Trinajstić information content (AvgIpc) is 2.58. The molecule has 4 heteroatoms. The SMILES string of the molecule is COC[C@@]1(O)CC[C@H]2[C@H](CC[C@@H]3[C@@H]2CC[C@]2(C)[C@@H](C(=O)CBr)C[C@@H]32)C1. The molecule has 0 unspecified atom stereocenters. The molecule has 25 heavy (non-hydrogen) atoms. The quantitative estimate of drug-likeness (QED) is 0.703. The zero-order chi connectivity index (χ0) is 17.8. The van der Waals surface area contributed by atoms with Crippen molar-refractivity contribution < 1.29 is 14.6 Å². The van der Waals surface area contributed by atoms with Crippen LogP contribution in [0.25, 0.3) is 0 Å². The number of halogens is 1. The summed E-state index contributed by atoms with van der Waals surface area (Å²) < 4.78 is 5.28. The highest BCUT2D eigenvalue weighted by atomic mass is 79.9. The van der Waals surface area contributed by atoms with Gasteiger partial charge in [0.05, 0.1) is 17.5 Å². The van der Waals surface area contributed by atoms with E-state index in [1.807, 2.05) is 0 Å². The maximum atomic E-state index is 12.3. The molecule has 4 rings (SSSR count). The van der Waals surface area contributed by atoms with E-state index >= 15 is 0 Å². The van der Waals surface area contributed by atoms with E-state index in [0.717, 1.165) is 42.9 Å². The Labute approximate surface area is 160 Å². The lowest BCUT2D eigenvalue weighted by atomic mass is 9.40. The molecule has 0 aliphatic heterocycles. The third-order valence-corrected chi connectivity index (χ3v) is 9.31. The molecule has 142 valence electrons. The first-order valence-electron chi connectivity index (χ1n) is 10.2. The monoisotopic (exact) mass is 412 g/mol. The van der Waals surface area contributed by atoms with Gasteiger partial charge in [-0.05, 0) is 86.4 Å². The highest BCUT2D eigenvalue weighted by Crippen LogP contribution is 2.67. The summed E-state index contributed by atoms with van der Waals surface area (Å²) >= 11 is 3.39. The third kappa shape index (κ3) is 2.86. The molecule has 0 spiro atoms. The van der Waals surface area contributed by atoms with Crippen molar-refractivity contribution in [3.8, 4) is 0 Å². The number of aliphatic hydroxyl groups is 1. The molecule has 0 radical (unpaired) electrons. The molecular weight excluding hydrogens is 380 g/mol. The number of hydrogen-bond acceptors (Lipinski definition) is 3. The zero-order valence-corrected chi connectivity index (χ0v) is 17.3. The van der Waals surface area contributed by atoms with E-state index in [9.17, 15) is 9.90 Å². The number of carbonyl (C=O) groups is 1. The van der Waals surface area contributed by atoms with Crippen LogP contribution in [0, 0.1) is 40.9 Å². The average molecular weight is 413 g/mol. The van der Waals surface area contributed by atoms with E-state index in [1.54, 1.807) is 7.11 Å². The van der Waals surface area contributed by atoms with Gasteiger partial charge in [-0.25, -0.2) is 0 Å². The van der Waals surface area contributed by atoms with Crippen molar-refractivity contribution in [2.75, 3.05) is 19.0 Å². The Morgan fingerprint density at radius 1 is 1.16 bits per heavy atom. The van der Waals surface area contributed by atoms with Crippen molar-refractivity contribution in [2.24, 2.45) is 40.9 Å². The predicted molar refractivity (Wildman–Crippen MR) is 102 cm³/mol. The molecule has 0 aromatic heterocycles. The maximum absolute atomic E-state index is 12.3. The summed E-state index contributed by atoms with van der Waals surface area (Å²) in [4.78, 5) is 12.3. The Morgan fingerprint density at radius 3 is 2.64 bits per heavy atom. The highest BCUT2D eigenvalue weighted by Gasteiger charge is 2.62. The van der Waals surface area contributed by atoms with Crippen LogP contribution in [0.2, 0.25) is 0 Å². The van der Waals surface area contributed by atoms with Crippen LogP contribution in [0.3, 0.4) is 0 Å². The first-order valence-corrected chi connectivity index (χ1v) is 11.3. The second kappa shape index (κ2) is 6.60. The third-order valence-electron chi connectivity index (χ3n) is 8.76. The normalized spacial score (nSPS) is 51.7. The van der Waals surface area contributed by atoms with Crippen molar-refractivity contribution in [2.45, 2.75) is 63.9 Å².